The maximum absolute atomic E-state index is 6.12. The van der Waals surface area contributed by atoms with Gasteiger partial charge in [-0.15, -0.1) is 0 Å². The second kappa shape index (κ2) is 5.22. The summed E-state index contributed by atoms with van der Waals surface area (Å²) in [6.07, 6.45) is 2.50. The SMILES string of the molecule is CCC1(C)C(Br)CC1Oc1ccc(Br)cc1Br. The lowest BCUT2D eigenvalue weighted by atomic mass is 9.65. The van der Waals surface area contributed by atoms with Crippen molar-refractivity contribution in [1.29, 1.82) is 0 Å². The van der Waals surface area contributed by atoms with Crippen LogP contribution in [0.5, 0.6) is 5.75 Å². The van der Waals surface area contributed by atoms with E-state index in [4.69, 9.17) is 4.74 Å². The van der Waals surface area contributed by atoms with Gasteiger partial charge in [0.25, 0.3) is 0 Å². The number of rotatable bonds is 3. The molecule has 1 saturated carbocycles. The van der Waals surface area contributed by atoms with Crippen LogP contribution in [0.25, 0.3) is 0 Å². The molecule has 0 saturated heterocycles. The number of halogens is 3. The minimum atomic E-state index is 0.243. The van der Waals surface area contributed by atoms with Gasteiger partial charge in [0.15, 0.2) is 0 Å². The third kappa shape index (κ3) is 2.59. The van der Waals surface area contributed by atoms with Gasteiger partial charge in [-0.1, -0.05) is 45.7 Å². The van der Waals surface area contributed by atoms with Crippen molar-refractivity contribution in [2.45, 2.75) is 37.6 Å². The molecular formula is C13H15Br3O. The molecule has 0 bridgehead atoms. The molecule has 94 valence electrons. The molecule has 0 aromatic heterocycles. The second-order valence-electron chi connectivity index (χ2n) is 4.74. The third-order valence-electron chi connectivity index (χ3n) is 3.80. The molecule has 17 heavy (non-hydrogen) atoms. The van der Waals surface area contributed by atoms with Crippen LogP contribution in [0, 0.1) is 5.41 Å². The van der Waals surface area contributed by atoms with Gasteiger partial charge in [0.2, 0.25) is 0 Å². The van der Waals surface area contributed by atoms with Crippen LogP contribution in [-0.2, 0) is 0 Å². The first-order valence-electron chi connectivity index (χ1n) is 5.73. The average molecular weight is 427 g/mol. The molecule has 2 rings (SSSR count). The van der Waals surface area contributed by atoms with E-state index in [-0.39, 0.29) is 5.41 Å². The molecule has 0 heterocycles. The lowest BCUT2D eigenvalue weighted by Crippen LogP contribution is -2.54. The van der Waals surface area contributed by atoms with Crippen molar-refractivity contribution in [1.82, 2.24) is 0 Å². The Hall–Kier alpha value is 0.460. The summed E-state index contributed by atoms with van der Waals surface area (Å²) in [7, 11) is 0. The summed E-state index contributed by atoms with van der Waals surface area (Å²) >= 11 is 10.7. The Balaban J connectivity index is 2.12. The molecule has 0 amide bonds. The van der Waals surface area contributed by atoms with Crippen molar-refractivity contribution in [3.8, 4) is 5.75 Å². The summed E-state index contributed by atoms with van der Waals surface area (Å²) < 4.78 is 8.18. The highest BCUT2D eigenvalue weighted by Crippen LogP contribution is 2.50. The largest absolute Gasteiger partial charge is 0.489 e. The molecule has 1 aliphatic rings. The first-order chi connectivity index (χ1) is 7.97. The van der Waals surface area contributed by atoms with E-state index in [0.717, 1.165) is 27.5 Å². The van der Waals surface area contributed by atoms with Gasteiger partial charge in [-0.2, -0.15) is 0 Å². The van der Waals surface area contributed by atoms with Crippen molar-refractivity contribution in [3.05, 3.63) is 27.1 Å². The Morgan fingerprint density at radius 2 is 2.12 bits per heavy atom. The number of ether oxygens (including phenoxy) is 1. The monoisotopic (exact) mass is 424 g/mol. The molecule has 0 spiro atoms. The summed E-state index contributed by atoms with van der Waals surface area (Å²) in [5, 5.41) is 0. The average Bonchev–Trinajstić information content (AvgIpc) is 2.30. The molecular weight excluding hydrogens is 412 g/mol. The zero-order valence-electron chi connectivity index (χ0n) is 9.84. The fourth-order valence-electron chi connectivity index (χ4n) is 2.12. The zero-order chi connectivity index (χ0) is 12.6. The Bertz CT molecular complexity index is 421. The molecule has 3 atom stereocenters. The molecule has 3 unspecified atom stereocenters. The normalized spacial score (nSPS) is 32.1. The van der Waals surface area contributed by atoms with E-state index in [1.54, 1.807) is 0 Å². The highest BCUT2D eigenvalue weighted by molar-refractivity contribution is 9.11. The molecule has 1 fully saturated rings. The van der Waals surface area contributed by atoms with Crippen LogP contribution in [0.15, 0.2) is 27.1 Å². The molecule has 1 aromatic rings. The van der Waals surface area contributed by atoms with E-state index in [2.05, 4.69) is 61.6 Å². The van der Waals surface area contributed by atoms with E-state index in [1.165, 1.54) is 0 Å². The molecule has 0 aliphatic heterocycles. The van der Waals surface area contributed by atoms with Crippen LogP contribution in [-0.4, -0.2) is 10.9 Å². The van der Waals surface area contributed by atoms with Crippen molar-refractivity contribution in [2.24, 2.45) is 5.41 Å². The zero-order valence-corrected chi connectivity index (χ0v) is 14.6. The smallest absolute Gasteiger partial charge is 0.134 e. The Morgan fingerprint density at radius 1 is 1.41 bits per heavy atom. The minimum Gasteiger partial charge on any atom is -0.489 e. The van der Waals surface area contributed by atoms with E-state index >= 15 is 0 Å². The standard InChI is InChI=1S/C13H15Br3O/c1-3-13(2)11(16)7-12(13)17-10-5-4-8(14)6-9(10)15/h4-6,11-12H,3,7H2,1-2H3. The predicted molar refractivity (Wildman–Crippen MR) is 82.0 cm³/mol. The molecule has 0 radical (unpaired) electrons. The summed E-state index contributed by atoms with van der Waals surface area (Å²) in [6, 6.07) is 6.03. The summed E-state index contributed by atoms with van der Waals surface area (Å²) in [5.41, 5.74) is 0.243. The van der Waals surface area contributed by atoms with Gasteiger partial charge >= 0.3 is 0 Å². The summed E-state index contributed by atoms with van der Waals surface area (Å²) in [6.45, 7) is 4.51. The first kappa shape index (κ1) is 13.9. The van der Waals surface area contributed by atoms with Gasteiger partial charge in [-0.05, 0) is 47.0 Å². The lowest BCUT2D eigenvalue weighted by molar-refractivity contribution is -0.0247. The Kier molecular flexibility index (Phi) is 4.26. The highest BCUT2D eigenvalue weighted by Gasteiger charge is 2.50. The number of alkyl halides is 1. The Morgan fingerprint density at radius 3 is 2.65 bits per heavy atom. The summed E-state index contributed by atoms with van der Waals surface area (Å²) in [4.78, 5) is 0.569. The first-order valence-corrected chi connectivity index (χ1v) is 8.23. The fraction of sp³-hybridized carbons (Fsp3) is 0.538. The summed E-state index contributed by atoms with van der Waals surface area (Å²) in [5.74, 6) is 0.928. The van der Waals surface area contributed by atoms with Crippen LogP contribution in [0.1, 0.15) is 26.7 Å². The van der Waals surface area contributed by atoms with Crippen LogP contribution < -0.4 is 4.74 Å². The molecule has 0 N–H and O–H groups in total. The van der Waals surface area contributed by atoms with E-state index in [0.29, 0.717) is 10.9 Å². The molecule has 1 aliphatic carbocycles. The van der Waals surface area contributed by atoms with Crippen LogP contribution in [0.3, 0.4) is 0 Å². The van der Waals surface area contributed by atoms with Crippen molar-refractivity contribution in [3.63, 3.8) is 0 Å². The molecule has 1 nitrogen and oxygen atoms in total. The van der Waals surface area contributed by atoms with Crippen LogP contribution in [0.4, 0.5) is 0 Å². The van der Waals surface area contributed by atoms with Crippen molar-refractivity contribution < 1.29 is 4.74 Å². The Labute approximate surface area is 128 Å². The minimum absolute atomic E-state index is 0.243. The molecule has 1 aromatic carbocycles. The maximum Gasteiger partial charge on any atom is 0.134 e. The van der Waals surface area contributed by atoms with Crippen molar-refractivity contribution >= 4 is 47.8 Å². The third-order valence-corrected chi connectivity index (χ3v) is 6.33. The van der Waals surface area contributed by atoms with Crippen molar-refractivity contribution in [2.75, 3.05) is 0 Å². The quantitative estimate of drug-likeness (QED) is 0.576. The van der Waals surface area contributed by atoms with E-state index in [1.807, 2.05) is 18.2 Å². The highest BCUT2D eigenvalue weighted by atomic mass is 79.9. The lowest BCUT2D eigenvalue weighted by Gasteiger charge is -2.50. The van der Waals surface area contributed by atoms with E-state index < -0.39 is 0 Å². The maximum atomic E-state index is 6.12. The number of benzene rings is 1. The van der Waals surface area contributed by atoms with Gasteiger partial charge < -0.3 is 4.74 Å². The fourth-order valence-corrected chi connectivity index (χ4v) is 4.22. The number of hydrogen-bond donors (Lipinski definition) is 0. The van der Waals surface area contributed by atoms with Gasteiger partial charge in [0, 0.05) is 14.7 Å². The number of hydrogen-bond acceptors (Lipinski definition) is 1. The van der Waals surface area contributed by atoms with Gasteiger partial charge in [-0.25, -0.2) is 0 Å². The van der Waals surface area contributed by atoms with Crippen LogP contribution in [0.2, 0.25) is 0 Å². The topological polar surface area (TPSA) is 9.23 Å². The van der Waals surface area contributed by atoms with Gasteiger partial charge in [0.1, 0.15) is 11.9 Å². The molecule has 4 heteroatoms. The van der Waals surface area contributed by atoms with Gasteiger partial charge in [0.05, 0.1) is 4.47 Å². The van der Waals surface area contributed by atoms with Gasteiger partial charge in [-0.3, -0.25) is 0 Å². The second-order valence-corrected chi connectivity index (χ2v) is 7.62. The predicted octanol–water partition coefficient (Wildman–Crippen LogP) is 5.54. The van der Waals surface area contributed by atoms with E-state index in [9.17, 15) is 0 Å². The van der Waals surface area contributed by atoms with Crippen LogP contribution >= 0.6 is 47.8 Å².